The summed E-state index contributed by atoms with van der Waals surface area (Å²) in [4.78, 5) is 12.0. The highest BCUT2D eigenvalue weighted by molar-refractivity contribution is 5.79. The lowest BCUT2D eigenvalue weighted by molar-refractivity contribution is -0.121. The maximum atomic E-state index is 13.6. The van der Waals surface area contributed by atoms with Crippen molar-refractivity contribution in [3.05, 3.63) is 65.5 Å². The molecule has 0 aliphatic carbocycles. The van der Waals surface area contributed by atoms with Crippen LogP contribution in [0.4, 0.5) is 4.39 Å². The SMILES string of the molecule is COc1ccc(CC(=O)NC(CO)c2ccccc2)cc1F. The molecule has 0 bridgehead atoms. The first-order valence-electron chi connectivity index (χ1n) is 6.91. The normalized spacial score (nSPS) is 11.8. The largest absolute Gasteiger partial charge is 0.494 e. The Labute approximate surface area is 128 Å². The van der Waals surface area contributed by atoms with E-state index < -0.39 is 11.9 Å². The number of hydrogen-bond donors (Lipinski definition) is 2. The second kappa shape index (κ2) is 7.56. The summed E-state index contributed by atoms with van der Waals surface area (Å²) in [6, 6.07) is 13.1. The maximum Gasteiger partial charge on any atom is 0.224 e. The summed E-state index contributed by atoms with van der Waals surface area (Å²) < 4.78 is 18.4. The van der Waals surface area contributed by atoms with E-state index in [1.54, 1.807) is 6.07 Å². The van der Waals surface area contributed by atoms with E-state index in [9.17, 15) is 14.3 Å². The van der Waals surface area contributed by atoms with Gasteiger partial charge in [-0.05, 0) is 23.3 Å². The van der Waals surface area contributed by atoms with Crippen molar-refractivity contribution < 1.29 is 19.0 Å². The third-order valence-electron chi connectivity index (χ3n) is 3.30. The van der Waals surface area contributed by atoms with E-state index in [4.69, 9.17) is 4.74 Å². The molecule has 0 spiro atoms. The molecule has 0 fully saturated rings. The molecule has 2 aromatic rings. The standard InChI is InChI=1S/C17H18FNO3/c1-22-16-8-7-12(9-14(16)18)10-17(21)19-15(11-20)13-5-3-2-4-6-13/h2-9,15,20H,10-11H2,1H3,(H,19,21). The molecular weight excluding hydrogens is 285 g/mol. The van der Waals surface area contributed by atoms with Gasteiger partial charge >= 0.3 is 0 Å². The van der Waals surface area contributed by atoms with Gasteiger partial charge in [-0.2, -0.15) is 0 Å². The van der Waals surface area contributed by atoms with Crippen molar-refractivity contribution in [1.82, 2.24) is 5.32 Å². The Morgan fingerprint density at radius 2 is 2.00 bits per heavy atom. The summed E-state index contributed by atoms with van der Waals surface area (Å²) in [5.41, 5.74) is 1.36. The Morgan fingerprint density at radius 1 is 1.27 bits per heavy atom. The van der Waals surface area contributed by atoms with Crippen molar-refractivity contribution >= 4 is 5.91 Å². The fraction of sp³-hybridized carbons (Fsp3) is 0.235. The number of hydrogen-bond acceptors (Lipinski definition) is 3. The van der Waals surface area contributed by atoms with Gasteiger partial charge in [0.2, 0.25) is 5.91 Å². The molecule has 0 aromatic heterocycles. The molecular formula is C17H18FNO3. The van der Waals surface area contributed by atoms with Crippen molar-refractivity contribution in [3.63, 3.8) is 0 Å². The Kier molecular flexibility index (Phi) is 5.49. The van der Waals surface area contributed by atoms with E-state index in [1.807, 2.05) is 30.3 Å². The highest BCUT2D eigenvalue weighted by Crippen LogP contribution is 2.18. The van der Waals surface area contributed by atoms with Gasteiger partial charge in [0.15, 0.2) is 11.6 Å². The van der Waals surface area contributed by atoms with Crippen LogP contribution >= 0.6 is 0 Å². The van der Waals surface area contributed by atoms with Crippen LogP contribution in [0.25, 0.3) is 0 Å². The lowest BCUT2D eigenvalue weighted by Crippen LogP contribution is -2.31. The van der Waals surface area contributed by atoms with Gasteiger partial charge in [0, 0.05) is 0 Å². The second-order valence-corrected chi connectivity index (χ2v) is 4.86. The first kappa shape index (κ1) is 16.0. The minimum Gasteiger partial charge on any atom is -0.494 e. The average Bonchev–Trinajstić information content (AvgIpc) is 2.53. The van der Waals surface area contributed by atoms with Gasteiger partial charge in [0.1, 0.15) is 0 Å². The number of aliphatic hydroxyl groups excluding tert-OH is 1. The second-order valence-electron chi connectivity index (χ2n) is 4.86. The molecule has 1 atom stereocenters. The molecule has 2 aromatic carbocycles. The lowest BCUT2D eigenvalue weighted by Gasteiger charge is -2.16. The highest BCUT2D eigenvalue weighted by Gasteiger charge is 2.14. The number of rotatable bonds is 6. The lowest BCUT2D eigenvalue weighted by atomic mass is 10.1. The topological polar surface area (TPSA) is 58.6 Å². The van der Waals surface area contributed by atoms with Gasteiger partial charge < -0.3 is 15.2 Å². The predicted octanol–water partition coefficient (Wildman–Crippen LogP) is 2.23. The van der Waals surface area contributed by atoms with Gasteiger partial charge in [-0.25, -0.2) is 4.39 Å². The smallest absolute Gasteiger partial charge is 0.224 e. The van der Waals surface area contributed by atoms with Crippen LogP contribution in [0, 0.1) is 5.82 Å². The van der Waals surface area contributed by atoms with Crippen LogP contribution in [-0.4, -0.2) is 24.7 Å². The number of aliphatic hydroxyl groups is 1. The Hall–Kier alpha value is -2.40. The summed E-state index contributed by atoms with van der Waals surface area (Å²) in [7, 11) is 1.39. The Morgan fingerprint density at radius 3 is 2.59 bits per heavy atom. The molecule has 1 unspecified atom stereocenters. The average molecular weight is 303 g/mol. The van der Waals surface area contributed by atoms with Crippen molar-refractivity contribution in [2.75, 3.05) is 13.7 Å². The molecule has 2 N–H and O–H groups in total. The van der Waals surface area contributed by atoms with Crippen LogP contribution in [0.5, 0.6) is 5.75 Å². The number of amides is 1. The Balaban J connectivity index is 2.01. The third kappa shape index (κ3) is 4.05. The molecule has 0 saturated heterocycles. The number of nitrogens with one attached hydrogen (secondary N) is 1. The quantitative estimate of drug-likeness (QED) is 0.860. The van der Waals surface area contributed by atoms with Crippen LogP contribution < -0.4 is 10.1 Å². The van der Waals surface area contributed by atoms with Gasteiger partial charge in [0.05, 0.1) is 26.2 Å². The molecule has 0 aliphatic rings. The number of carbonyl (C=O) groups excluding carboxylic acids is 1. The van der Waals surface area contributed by atoms with E-state index in [0.717, 1.165) is 5.56 Å². The zero-order valence-electron chi connectivity index (χ0n) is 12.3. The highest BCUT2D eigenvalue weighted by atomic mass is 19.1. The van der Waals surface area contributed by atoms with Crippen molar-refractivity contribution in [2.45, 2.75) is 12.5 Å². The molecule has 22 heavy (non-hydrogen) atoms. The summed E-state index contributed by atoms with van der Waals surface area (Å²) in [5.74, 6) is -0.649. The molecule has 116 valence electrons. The number of methoxy groups -OCH3 is 1. The maximum absolute atomic E-state index is 13.6. The summed E-state index contributed by atoms with van der Waals surface area (Å²) >= 11 is 0. The number of ether oxygens (including phenoxy) is 1. The van der Waals surface area contributed by atoms with Gasteiger partial charge in [-0.15, -0.1) is 0 Å². The van der Waals surface area contributed by atoms with Crippen molar-refractivity contribution in [3.8, 4) is 5.75 Å². The van der Waals surface area contributed by atoms with E-state index in [2.05, 4.69) is 5.32 Å². The first-order chi connectivity index (χ1) is 10.6. The van der Waals surface area contributed by atoms with Crippen LogP contribution in [0.1, 0.15) is 17.2 Å². The molecule has 0 heterocycles. The van der Waals surface area contributed by atoms with Gasteiger partial charge in [-0.3, -0.25) is 4.79 Å². The van der Waals surface area contributed by atoms with Crippen molar-refractivity contribution in [2.24, 2.45) is 0 Å². The summed E-state index contributed by atoms with van der Waals surface area (Å²) in [6.07, 6.45) is 0.0320. The van der Waals surface area contributed by atoms with Crippen LogP contribution in [0.15, 0.2) is 48.5 Å². The zero-order chi connectivity index (χ0) is 15.9. The fourth-order valence-electron chi connectivity index (χ4n) is 2.17. The molecule has 2 rings (SSSR count). The van der Waals surface area contributed by atoms with Crippen molar-refractivity contribution in [1.29, 1.82) is 0 Å². The summed E-state index contributed by atoms with van der Waals surface area (Å²) in [5, 5.41) is 12.2. The number of benzene rings is 2. The molecule has 0 radical (unpaired) electrons. The van der Waals surface area contributed by atoms with Crippen LogP contribution in [0.3, 0.4) is 0 Å². The number of halogens is 1. The summed E-state index contributed by atoms with van der Waals surface area (Å²) in [6.45, 7) is -0.202. The monoisotopic (exact) mass is 303 g/mol. The van der Waals surface area contributed by atoms with Gasteiger partial charge in [-0.1, -0.05) is 36.4 Å². The minimum atomic E-state index is -0.505. The molecule has 5 heteroatoms. The van der Waals surface area contributed by atoms with E-state index in [-0.39, 0.29) is 24.7 Å². The third-order valence-corrected chi connectivity index (χ3v) is 3.30. The minimum absolute atomic E-state index is 0.0320. The van der Waals surface area contributed by atoms with Crippen LogP contribution in [0.2, 0.25) is 0 Å². The van der Waals surface area contributed by atoms with E-state index in [0.29, 0.717) is 5.56 Å². The first-order valence-corrected chi connectivity index (χ1v) is 6.91. The predicted molar refractivity (Wildman–Crippen MR) is 81.1 cm³/mol. The molecule has 4 nitrogen and oxygen atoms in total. The van der Waals surface area contributed by atoms with E-state index in [1.165, 1.54) is 19.2 Å². The number of carbonyl (C=O) groups is 1. The Bertz CT molecular complexity index is 631. The van der Waals surface area contributed by atoms with Gasteiger partial charge in [0.25, 0.3) is 0 Å². The fourth-order valence-corrected chi connectivity index (χ4v) is 2.17. The molecule has 1 amide bonds. The molecule has 0 aliphatic heterocycles. The van der Waals surface area contributed by atoms with Crippen LogP contribution in [-0.2, 0) is 11.2 Å². The van der Waals surface area contributed by atoms with E-state index >= 15 is 0 Å². The molecule has 0 saturated carbocycles. The zero-order valence-corrected chi connectivity index (χ0v) is 12.3.